The molecule has 27 heavy (non-hydrogen) atoms. The Morgan fingerprint density at radius 1 is 1.19 bits per heavy atom. The molecule has 7 heteroatoms. The lowest BCUT2D eigenvalue weighted by Gasteiger charge is -2.32. The first-order valence-electron chi connectivity index (χ1n) is 8.94. The molecule has 0 radical (unpaired) electrons. The van der Waals surface area contributed by atoms with E-state index in [1.54, 1.807) is 45.8 Å². The molecule has 1 unspecified atom stereocenters. The fourth-order valence-corrected chi connectivity index (χ4v) is 4.20. The van der Waals surface area contributed by atoms with E-state index < -0.39 is 0 Å². The number of ketones is 1. The number of hydrogen-bond acceptors (Lipinski definition) is 5. The zero-order chi connectivity index (χ0) is 18.8. The maximum absolute atomic E-state index is 13.1. The Labute approximate surface area is 161 Å². The number of benzene rings is 1. The number of fused-ring (bicyclic) bond motifs is 1. The molecule has 0 N–H and O–H groups in total. The molecular formula is C20H20N4O2S. The third-order valence-corrected chi connectivity index (χ3v) is 5.76. The summed E-state index contributed by atoms with van der Waals surface area (Å²) in [5.74, 6) is -0.166. The Bertz CT molecular complexity index is 1000. The van der Waals surface area contributed by atoms with Gasteiger partial charge in [-0.05, 0) is 31.2 Å². The molecule has 1 aliphatic heterocycles. The van der Waals surface area contributed by atoms with Crippen molar-refractivity contribution in [3.8, 4) is 0 Å². The molecule has 2 aromatic heterocycles. The molecule has 3 heterocycles. The smallest absolute Gasteiger partial charge is 0.259 e. The average Bonchev–Trinajstić information content (AvgIpc) is 3.17. The molecular weight excluding hydrogens is 360 g/mol. The molecule has 4 rings (SSSR count). The maximum atomic E-state index is 13.1. The SMILES string of the molecule is CSc1ccccc1C(=O)C1CCCN(C(=O)c2cnn3cccnc23)C1. The van der Waals surface area contributed by atoms with Gasteiger partial charge in [-0.2, -0.15) is 5.10 Å². The van der Waals surface area contributed by atoms with Crippen molar-refractivity contribution in [1.29, 1.82) is 0 Å². The number of rotatable bonds is 4. The lowest BCUT2D eigenvalue weighted by molar-refractivity contribution is 0.0637. The summed E-state index contributed by atoms with van der Waals surface area (Å²) in [7, 11) is 0. The van der Waals surface area contributed by atoms with Gasteiger partial charge in [0.05, 0.1) is 6.20 Å². The predicted octanol–water partition coefficient (Wildman–Crippen LogP) is 3.19. The van der Waals surface area contributed by atoms with Gasteiger partial charge in [-0.25, -0.2) is 9.50 Å². The van der Waals surface area contributed by atoms with Crippen LogP contribution in [0.2, 0.25) is 0 Å². The lowest BCUT2D eigenvalue weighted by atomic mass is 9.89. The Morgan fingerprint density at radius 3 is 2.89 bits per heavy atom. The minimum absolute atomic E-state index is 0.112. The highest BCUT2D eigenvalue weighted by molar-refractivity contribution is 7.98. The van der Waals surface area contributed by atoms with Crippen molar-refractivity contribution >= 4 is 29.1 Å². The fraction of sp³-hybridized carbons (Fsp3) is 0.300. The third-order valence-electron chi connectivity index (χ3n) is 4.96. The molecule has 1 saturated heterocycles. The summed E-state index contributed by atoms with van der Waals surface area (Å²) in [6.07, 6.45) is 8.56. The minimum atomic E-state index is -0.175. The van der Waals surface area contributed by atoms with Crippen molar-refractivity contribution in [2.45, 2.75) is 17.7 Å². The van der Waals surface area contributed by atoms with Crippen LogP contribution < -0.4 is 0 Å². The normalized spacial score (nSPS) is 17.2. The molecule has 6 nitrogen and oxygen atoms in total. The van der Waals surface area contributed by atoms with Gasteiger partial charge >= 0.3 is 0 Å². The van der Waals surface area contributed by atoms with E-state index in [-0.39, 0.29) is 17.6 Å². The van der Waals surface area contributed by atoms with E-state index in [2.05, 4.69) is 10.1 Å². The molecule has 1 aliphatic rings. The van der Waals surface area contributed by atoms with Gasteiger partial charge in [0.15, 0.2) is 11.4 Å². The summed E-state index contributed by atoms with van der Waals surface area (Å²) in [6, 6.07) is 9.45. The molecule has 1 atom stereocenters. The summed E-state index contributed by atoms with van der Waals surface area (Å²) in [4.78, 5) is 33.1. The van der Waals surface area contributed by atoms with Crippen LogP contribution in [0.15, 0.2) is 53.8 Å². The number of amides is 1. The van der Waals surface area contributed by atoms with E-state index in [9.17, 15) is 9.59 Å². The molecule has 0 bridgehead atoms. The van der Waals surface area contributed by atoms with Crippen LogP contribution in [0, 0.1) is 5.92 Å². The summed E-state index contributed by atoms with van der Waals surface area (Å²) < 4.78 is 1.59. The van der Waals surface area contributed by atoms with Gasteiger partial charge in [-0.3, -0.25) is 9.59 Å². The van der Waals surface area contributed by atoms with Crippen LogP contribution in [0.5, 0.6) is 0 Å². The zero-order valence-electron chi connectivity index (χ0n) is 15.0. The Hall–Kier alpha value is -2.67. The van der Waals surface area contributed by atoms with E-state index >= 15 is 0 Å². The van der Waals surface area contributed by atoms with Gasteiger partial charge < -0.3 is 4.90 Å². The molecule has 3 aromatic rings. The lowest BCUT2D eigenvalue weighted by Crippen LogP contribution is -2.42. The van der Waals surface area contributed by atoms with Crippen LogP contribution in [-0.2, 0) is 0 Å². The summed E-state index contributed by atoms with van der Waals surface area (Å²) in [5, 5.41) is 4.20. The summed E-state index contributed by atoms with van der Waals surface area (Å²) in [5.41, 5.74) is 1.78. The summed E-state index contributed by atoms with van der Waals surface area (Å²) in [6.45, 7) is 1.08. The number of aromatic nitrogens is 3. The molecule has 0 aliphatic carbocycles. The van der Waals surface area contributed by atoms with Gasteiger partial charge in [-0.1, -0.05) is 18.2 Å². The van der Waals surface area contributed by atoms with Crippen molar-refractivity contribution in [3.05, 3.63) is 60.0 Å². The number of carbonyl (C=O) groups is 2. The number of thioether (sulfide) groups is 1. The highest BCUT2D eigenvalue weighted by Crippen LogP contribution is 2.27. The van der Waals surface area contributed by atoms with Crippen LogP contribution in [-0.4, -0.2) is 50.5 Å². The van der Waals surface area contributed by atoms with E-state index in [1.165, 1.54) is 0 Å². The quantitative estimate of drug-likeness (QED) is 0.514. The first kappa shape index (κ1) is 17.7. The maximum Gasteiger partial charge on any atom is 0.259 e. The molecule has 138 valence electrons. The van der Waals surface area contributed by atoms with Gasteiger partial charge in [-0.15, -0.1) is 11.8 Å². The largest absolute Gasteiger partial charge is 0.338 e. The molecule has 1 amide bonds. The van der Waals surface area contributed by atoms with E-state index in [4.69, 9.17) is 0 Å². The molecule has 0 saturated carbocycles. The second kappa shape index (κ2) is 7.52. The van der Waals surface area contributed by atoms with Crippen LogP contribution in [0.3, 0.4) is 0 Å². The molecule has 0 spiro atoms. The molecule has 1 fully saturated rings. The monoisotopic (exact) mass is 380 g/mol. The zero-order valence-corrected chi connectivity index (χ0v) is 15.9. The van der Waals surface area contributed by atoms with E-state index in [1.807, 2.05) is 30.5 Å². The number of Topliss-reactive ketones (excluding diaryl/α,β-unsaturated/α-hetero) is 1. The van der Waals surface area contributed by atoms with Crippen molar-refractivity contribution in [2.75, 3.05) is 19.3 Å². The molecule has 1 aromatic carbocycles. The minimum Gasteiger partial charge on any atom is -0.338 e. The Balaban J connectivity index is 1.56. The summed E-state index contributed by atoms with van der Waals surface area (Å²) >= 11 is 1.57. The van der Waals surface area contributed by atoms with Gasteiger partial charge in [0.1, 0.15) is 5.56 Å². The van der Waals surface area contributed by atoms with Crippen LogP contribution in [0.25, 0.3) is 5.65 Å². The average molecular weight is 380 g/mol. The third kappa shape index (κ3) is 3.35. The highest BCUT2D eigenvalue weighted by atomic mass is 32.2. The van der Waals surface area contributed by atoms with Crippen molar-refractivity contribution in [2.24, 2.45) is 5.92 Å². The number of hydrogen-bond donors (Lipinski definition) is 0. The Kier molecular flexibility index (Phi) is 4.94. The van der Waals surface area contributed by atoms with Gasteiger partial charge in [0.2, 0.25) is 0 Å². The number of likely N-dealkylation sites (tertiary alicyclic amines) is 1. The topological polar surface area (TPSA) is 67.6 Å². The van der Waals surface area contributed by atoms with Crippen molar-refractivity contribution in [1.82, 2.24) is 19.5 Å². The number of carbonyl (C=O) groups excluding carboxylic acids is 2. The first-order valence-corrected chi connectivity index (χ1v) is 10.2. The van der Waals surface area contributed by atoms with Crippen LogP contribution in [0.1, 0.15) is 33.6 Å². The Morgan fingerprint density at radius 2 is 2.04 bits per heavy atom. The number of nitrogens with zero attached hydrogens (tertiary/aromatic N) is 4. The first-order chi connectivity index (χ1) is 13.2. The van der Waals surface area contributed by atoms with E-state index in [0.29, 0.717) is 24.3 Å². The van der Waals surface area contributed by atoms with Crippen LogP contribution >= 0.6 is 11.8 Å². The fourth-order valence-electron chi connectivity index (χ4n) is 3.59. The van der Waals surface area contributed by atoms with Gasteiger partial charge in [0, 0.05) is 41.9 Å². The number of piperidine rings is 1. The van der Waals surface area contributed by atoms with Crippen molar-refractivity contribution in [3.63, 3.8) is 0 Å². The van der Waals surface area contributed by atoms with E-state index in [0.717, 1.165) is 23.3 Å². The second-order valence-electron chi connectivity index (χ2n) is 6.60. The van der Waals surface area contributed by atoms with Gasteiger partial charge in [0.25, 0.3) is 5.91 Å². The predicted molar refractivity (Wildman–Crippen MR) is 104 cm³/mol. The highest BCUT2D eigenvalue weighted by Gasteiger charge is 2.31. The standard InChI is InChI=1S/C20H20N4O2S/c1-27-17-8-3-2-7-15(17)18(25)14-6-4-10-23(13-14)20(26)16-12-22-24-11-5-9-21-19(16)24/h2-3,5,7-9,11-12,14H,4,6,10,13H2,1H3. The second-order valence-corrected chi connectivity index (χ2v) is 7.45. The van der Waals surface area contributed by atoms with Crippen LogP contribution in [0.4, 0.5) is 0 Å². The van der Waals surface area contributed by atoms with Crippen molar-refractivity contribution < 1.29 is 9.59 Å².